The highest BCUT2D eigenvalue weighted by molar-refractivity contribution is 7.71. The van der Waals surface area contributed by atoms with Gasteiger partial charge in [-0.3, -0.25) is 14.5 Å². The molecule has 1 aliphatic carbocycles. The van der Waals surface area contributed by atoms with Gasteiger partial charge < -0.3 is 15.7 Å². The molecule has 1 fully saturated rings. The summed E-state index contributed by atoms with van der Waals surface area (Å²) in [7, 11) is 0. The minimum atomic E-state index is -0.186. The second-order valence-corrected chi connectivity index (χ2v) is 9.10. The minimum absolute atomic E-state index is 0.186. The molecule has 172 valence electrons. The summed E-state index contributed by atoms with van der Waals surface area (Å²) in [5.74, 6) is 0.577. The number of hydrogen-bond donors (Lipinski definition) is 4. The van der Waals surface area contributed by atoms with Crippen molar-refractivity contribution in [2.75, 3.05) is 10.6 Å². The Morgan fingerprint density at radius 2 is 1.82 bits per heavy atom. The van der Waals surface area contributed by atoms with Crippen molar-refractivity contribution in [1.29, 1.82) is 0 Å². The molecule has 8 heteroatoms. The van der Waals surface area contributed by atoms with Crippen LogP contribution < -0.4 is 10.6 Å². The third-order valence-electron chi connectivity index (χ3n) is 6.14. The molecule has 1 aliphatic rings. The van der Waals surface area contributed by atoms with E-state index in [9.17, 15) is 9.90 Å². The van der Waals surface area contributed by atoms with Gasteiger partial charge in [0.05, 0.1) is 5.69 Å². The minimum Gasteiger partial charge on any atom is -0.507 e. The van der Waals surface area contributed by atoms with Crippen LogP contribution in [0.3, 0.4) is 0 Å². The number of amides is 1. The maximum Gasteiger partial charge on any atom is 0.255 e. The predicted octanol–water partition coefficient (Wildman–Crippen LogP) is 5.47. The van der Waals surface area contributed by atoms with Gasteiger partial charge in [-0.2, -0.15) is 5.10 Å². The summed E-state index contributed by atoms with van der Waals surface area (Å²) in [5, 5.41) is 23.2. The Labute approximate surface area is 202 Å². The maximum absolute atomic E-state index is 12.9. The van der Waals surface area contributed by atoms with Crippen LogP contribution in [-0.4, -0.2) is 31.8 Å². The largest absolute Gasteiger partial charge is 0.507 e. The summed E-state index contributed by atoms with van der Waals surface area (Å²) >= 11 is 5.23. The topological polar surface area (TPSA) is 95.0 Å². The van der Waals surface area contributed by atoms with Crippen LogP contribution in [0.25, 0.3) is 5.69 Å². The van der Waals surface area contributed by atoms with Crippen LogP contribution in [0.2, 0.25) is 0 Å². The third-order valence-corrected chi connectivity index (χ3v) is 6.43. The molecular formula is C26H25N5O2S. The normalized spacial score (nSPS) is 16.8. The molecule has 4 aromatic rings. The number of aryl methyl sites for hydroxylation is 2. The van der Waals surface area contributed by atoms with Gasteiger partial charge in [0, 0.05) is 28.9 Å². The fourth-order valence-electron chi connectivity index (χ4n) is 4.26. The molecule has 0 bridgehead atoms. The van der Waals surface area contributed by atoms with Crippen LogP contribution in [0.15, 0.2) is 67.0 Å². The second kappa shape index (κ2) is 8.79. The van der Waals surface area contributed by atoms with E-state index >= 15 is 0 Å². The fourth-order valence-corrected chi connectivity index (χ4v) is 4.46. The number of aromatic amines is 1. The molecule has 1 heterocycles. The lowest BCUT2D eigenvalue weighted by molar-refractivity contribution is 0.102. The molecule has 0 saturated heterocycles. The number of phenolic OH excluding ortho intramolecular Hbond substituents is 1. The van der Waals surface area contributed by atoms with Crippen molar-refractivity contribution < 1.29 is 9.90 Å². The van der Waals surface area contributed by atoms with Crippen LogP contribution in [0.1, 0.15) is 39.4 Å². The first-order chi connectivity index (χ1) is 16.4. The van der Waals surface area contributed by atoms with Crippen LogP contribution in [0.5, 0.6) is 5.75 Å². The van der Waals surface area contributed by atoms with Crippen LogP contribution >= 0.6 is 12.2 Å². The standard InChI is InChI=1S/C26H25N5O2S/c1-15-9-18(10-16(2)24(15)32)22-13-23(22)28-19-6-3-5-17(11-19)25(33)29-20-7-4-8-21(12-20)31-14-27-30-26(31)34/h3-12,14,22-23,28,32H,13H2,1-2H3,(H,29,33)(H,30,34). The summed E-state index contributed by atoms with van der Waals surface area (Å²) in [6.07, 6.45) is 2.62. The lowest BCUT2D eigenvalue weighted by atomic mass is 10.0. The Bertz CT molecular complexity index is 1420. The third kappa shape index (κ3) is 4.45. The van der Waals surface area contributed by atoms with Crippen molar-refractivity contribution in [3.05, 3.63) is 94.0 Å². The number of carbonyl (C=O) groups excluding carboxylic acids is 1. The quantitative estimate of drug-likeness (QED) is 0.280. The van der Waals surface area contributed by atoms with Gasteiger partial charge in [-0.1, -0.05) is 24.3 Å². The van der Waals surface area contributed by atoms with E-state index in [0.717, 1.165) is 28.9 Å². The smallest absolute Gasteiger partial charge is 0.255 e. The zero-order valence-corrected chi connectivity index (χ0v) is 19.7. The molecule has 5 rings (SSSR count). The molecule has 0 spiro atoms. The number of phenols is 1. The molecule has 4 N–H and O–H groups in total. The molecule has 7 nitrogen and oxygen atoms in total. The van der Waals surface area contributed by atoms with Gasteiger partial charge in [0.2, 0.25) is 0 Å². The molecule has 1 aromatic heterocycles. The van der Waals surface area contributed by atoms with Crippen LogP contribution in [-0.2, 0) is 0 Å². The monoisotopic (exact) mass is 471 g/mol. The molecule has 1 amide bonds. The van der Waals surface area contributed by atoms with E-state index in [4.69, 9.17) is 12.2 Å². The molecular weight excluding hydrogens is 446 g/mol. The number of nitrogens with zero attached hydrogens (tertiary/aromatic N) is 2. The Morgan fingerprint density at radius 1 is 1.09 bits per heavy atom. The molecule has 0 aliphatic heterocycles. The zero-order chi connectivity index (χ0) is 23.8. The number of carbonyl (C=O) groups is 1. The number of aromatic nitrogens is 3. The van der Waals surface area contributed by atoms with E-state index in [-0.39, 0.29) is 5.91 Å². The Hall–Kier alpha value is -3.91. The molecule has 2 unspecified atom stereocenters. The SMILES string of the molecule is Cc1cc(C2CC2Nc2cccc(C(=O)Nc3cccc(-n4cn[nH]c4=S)c3)c2)cc(C)c1O. The first-order valence-electron chi connectivity index (χ1n) is 11.1. The van der Waals surface area contributed by atoms with E-state index < -0.39 is 0 Å². The molecule has 1 saturated carbocycles. The van der Waals surface area contributed by atoms with Gasteiger partial charge >= 0.3 is 0 Å². The zero-order valence-electron chi connectivity index (χ0n) is 18.9. The Balaban J connectivity index is 1.26. The summed E-state index contributed by atoms with van der Waals surface area (Å²) in [6.45, 7) is 3.86. The molecule has 0 radical (unpaired) electrons. The molecule has 3 aromatic carbocycles. The Kier molecular flexibility index (Phi) is 5.67. The number of anilines is 2. The Morgan fingerprint density at radius 3 is 2.56 bits per heavy atom. The van der Waals surface area contributed by atoms with Crippen molar-refractivity contribution in [2.24, 2.45) is 0 Å². The highest BCUT2D eigenvalue weighted by Gasteiger charge is 2.38. The average molecular weight is 472 g/mol. The summed E-state index contributed by atoms with van der Waals surface area (Å²) in [5.41, 5.74) is 6.00. The van der Waals surface area contributed by atoms with Gasteiger partial charge in [-0.25, -0.2) is 0 Å². The first-order valence-corrected chi connectivity index (χ1v) is 11.5. The van der Waals surface area contributed by atoms with E-state index in [0.29, 0.717) is 33.7 Å². The second-order valence-electron chi connectivity index (χ2n) is 8.71. The van der Waals surface area contributed by atoms with E-state index in [1.54, 1.807) is 17.0 Å². The first kappa shape index (κ1) is 21.9. The summed E-state index contributed by atoms with van der Waals surface area (Å²) in [4.78, 5) is 12.9. The summed E-state index contributed by atoms with van der Waals surface area (Å²) < 4.78 is 2.22. The lowest BCUT2D eigenvalue weighted by Gasteiger charge is -2.11. The van der Waals surface area contributed by atoms with Crippen LogP contribution in [0.4, 0.5) is 11.4 Å². The number of benzene rings is 3. The average Bonchev–Trinajstić information content (AvgIpc) is 3.45. The maximum atomic E-state index is 12.9. The van der Waals surface area contributed by atoms with Gasteiger partial charge in [0.15, 0.2) is 4.77 Å². The number of nitrogens with one attached hydrogen (secondary N) is 3. The van der Waals surface area contributed by atoms with Gasteiger partial charge in [-0.15, -0.1) is 0 Å². The van der Waals surface area contributed by atoms with Crippen LogP contribution in [0, 0.1) is 18.6 Å². The predicted molar refractivity (Wildman–Crippen MR) is 135 cm³/mol. The van der Waals surface area contributed by atoms with Crippen molar-refractivity contribution in [3.63, 3.8) is 0 Å². The van der Waals surface area contributed by atoms with Crippen molar-refractivity contribution in [1.82, 2.24) is 14.8 Å². The lowest BCUT2D eigenvalue weighted by Crippen LogP contribution is -2.13. The van der Waals surface area contributed by atoms with Crippen molar-refractivity contribution in [2.45, 2.75) is 32.2 Å². The summed E-state index contributed by atoms with van der Waals surface area (Å²) in [6, 6.07) is 19.4. The highest BCUT2D eigenvalue weighted by Crippen LogP contribution is 2.44. The number of H-pyrrole nitrogens is 1. The molecule has 34 heavy (non-hydrogen) atoms. The van der Waals surface area contributed by atoms with Gasteiger partial charge in [0.1, 0.15) is 12.1 Å². The van der Waals surface area contributed by atoms with E-state index in [1.807, 2.05) is 56.3 Å². The highest BCUT2D eigenvalue weighted by atomic mass is 32.1. The van der Waals surface area contributed by atoms with Gasteiger partial charge in [0.25, 0.3) is 5.91 Å². The molecule has 2 atom stereocenters. The van der Waals surface area contributed by atoms with E-state index in [1.165, 1.54) is 5.56 Å². The number of aromatic hydroxyl groups is 1. The van der Waals surface area contributed by atoms with Crippen molar-refractivity contribution in [3.8, 4) is 11.4 Å². The fraction of sp³-hybridized carbons (Fsp3) is 0.192. The van der Waals surface area contributed by atoms with Gasteiger partial charge in [-0.05, 0) is 85.6 Å². The number of rotatable bonds is 6. The van der Waals surface area contributed by atoms with E-state index in [2.05, 4.69) is 33.0 Å². The number of hydrogen-bond acceptors (Lipinski definition) is 5. The van der Waals surface area contributed by atoms with Crippen molar-refractivity contribution >= 4 is 29.5 Å².